The maximum absolute atomic E-state index is 12.4. The van der Waals surface area contributed by atoms with Gasteiger partial charge in [0.05, 0.1) is 11.7 Å². The summed E-state index contributed by atoms with van der Waals surface area (Å²) in [6.45, 7) is 1.57. The summed E-state index contributed by atoms with van der Waals surface area (Å²) in [6, 6.07) is 10.4. The first-order valence-corrected chi connectivity index (χ1v) is 12.6. The summed E-state index contributed by atoms with van der Waals surface area (Å²) in [6.07, 6.45) is 7.55. The highest BCUT2D eigenvalue weighted by atomic mass is 32.2. The molecule has 168 valence electrons. The van der Waals surface area contributed by atoms with Crippen molar-refractivity contribution in [2.24, 2.45) is 5.92 Å². The number of nitrogens with one attached hydrogen (secondary N) is 2. The molecule has 3 aliphatic rings. The third-order valence-electron chi connectivity index (χ3n) is 6.40. The summed E-state index contributed by atoms with van der Waals surface area (Å²) in [5.74, 6) is 1.23. The Labute approximate surface area is 192 Å². The van der Waals surface area contributed by atoms with E-state index in [0.717, 1.165) is 61.6 Å². The first-order chi connectivity index (χ1) is 15.6. The molecular weight excluding hydrogens is 422 g/mol. The predicted octanol–water partition coefficient (Wildman–Crippen LogP) is 3.19. The molecule has 0 unspecified atom stereocenters. The zero-order chi connectivity index (χ0) is 21.9. The van der Waals surface area contributed by atoms with Crippen LogP contribution in [-0.2, 0) is 22.4 Å². The van der Waals surface area contributed by atoms with E-state index in [4.69, 9.17) is 0 Å². The van der Waals surface area contributed by atoms with Gasteiger partial charge in [0.15, 0.2) is 5.82 Å². The monoisotopic (exact) mass is 451 g/mol. The zero-order valence-electron chi connectivity index (χ0n) is 18.2. The Kier molecular flexibility index (Phi) is 6.30. The molecule has 2 fully saturated rings. The molecule has 0 radical (unpaired) electrons. The fourth-order valence-corrected chi connectivity index (χ4v) is 5.10. The third-order valence-corrected chi connectivity index (χ3v) is 7.32. The molecule has 2 amide bonds. The van der Waals surface area contributed by atoms with E-state index in [-0.39, 0.29) is 23.5 Å². The molecule has 2 aromatic rings. The quantitative estimate of drug-likeness (QED) is 0.629. The van der Waals surface area contributed by atoms with Crippen LogP contribution in [0.15, 0.2) is 35.4 Å². The van der Waals surface area contributed by atoms with Crippen LogP contribution in [0, 0.1) is 5.92 Å². The minimum Gasteiger partial charge on any atom is -0.354 e. The molecule has 5 rings (SSSR count). The van der Waals surface area contributed by atoms with E-state index in [1.165, 1.54) is 29.3 Å². The summed E-state index contributed by atoms with van der Waals surface area (Å²) >= 11 is 1.38. The lowest BCUT2D eigenvalue weighted by molar-refractivity contribution is -0.125. The second-order valence-electron chi connectivity index (χ2n) is 8.97. The molecule has 32 heavy (non-hydrogen) atoms. The Morgan fingerprint density at radius 1 is 1.03 bits per heavy atom. The van der Waals surface area contributed by atoms with E-state index >= 15 is 0 Å². The van der Waals surface area contributed by atoms with Gasteiger partial charge in [-0.3, -0.25) is 9.59 Å². The number of nitrogens with zero attached hydrogens (tertiary/aromatic N) is 3. The number of benzene rings is 1. The van der Waals surface area contributed by atoms with Crippen molar-refractivity contribution in [3.8, 4) is 0 Å². The highest BCUT2D eigenvalue weighted by Crippen LogP contribution is 2.26. The van der Waals surface area contributed by atoms with Gasteiger partial charge in [-0.2, -0.15) is 0 Å². The van der Waals surface area contributed by atoms with Gasteiger partial charge in [-0.25, -0.2) is 0 Å². The van der Waals surface area contributed by atoms with E-state index in [0.29, 0.717) is 12.6 Å². The van der Waals surface area contributed by atoms with E-state index in [1.54, 1.807) is 0 Å². The smallest absolute Gasteiger partial charge is 0.234 e. The molecule has 0 bridgehead atoms. The summed E-state index contributed by atoms with van der Waals surface area (Å²) < 4.78 is 0. The standard InChI is InChI=1S/C24H29N5O2S/c30-22(25-20-7-6-16-3-1-4-17(16)13-20)15-32-23-11-10-21(27-28-23)29-12-2-5-18(14-29)24(31)26-19-8-9-19/h6-7,10-11,13,18-19H,1-5,8-9,12,14-15H2,(H,25,30)(H,26,31)/t18-/m1/s1. The second kappa shape index (κ2) is 9.48. The van der Waals surface area contributed by atoms with Crippen molar-refractivity contribution in [1.82, 2.24) is 15.5 Å². The number of anilines is 2. The molecule has 0 spiro atoms. The summed E-state index contributed by atoms with van der Waals surface area (Å²) in [7, 11) is 0. The van der Waals surface area contributed by atoms with Crippen molar-refractivity contribution in [3.05, 3.63) is 41.5 Å². The molecule has 1 aliphatic heterocycles. The number of carbonyl (C=O) groups excluding carboxylic acids is 2. The first-order valence-electron chi connectivity index (χ1n) is 11.6. The number of carbonyl (C=O) groups is 2. The number of thioether (sulfide) groups is 1. The average Bonchev–Trinajstić information content (AvgIpc) is 3.51. The van der Waals surface area contributed by atoms with E-state index in [1.807, 2.05) is 18.2 Å². The zero-order valence-corrected chi connectivity index (χ0v) is 19.0. The lowest BCUT2D eigenvalue weighted by Gasteiger charge is -2.32. The summed E-state index contributed by atoms with van der Waals surface area (Å²) in [5.41, 5.74) is 3.61. The van der Waals surface area contributed by atoms with Crippen molar-refractivity contribution in [1.29, 1.82) is 0 Å². The van der Waals surface area contributed by atoms with Crippen molar-refractivity contribution in [2.75, 3.05) is 29.1 Å². The molecule has 1 atom stereocenters. The van der Waals surface area contributed by atoms with E-state index in [2.05, 4.69) is 37.9 Å². The maximum atomic E-state index is 12.4. The Bertz CT molecular complexity index is 992. The van der Waals surface area contributed by atoms with Gasteiger partial charge >= 0.3 is 0 Å². The number of rotatable bonds is 7. The van der Waals surface area contributed by atoms with Crippen molar-refractivity contribution in [2.45, 2.75) is 56.0 Å². The minimum absolute atomic E-state index is 0.0168. The Morgan fingerprint density at radius 2 is 1.91 bits per heavy atom. The fourth-order valence-electron chi connectivity index (χ4n) is 4.49. The van der Waals surface area contributed by atoms with Crippen LogP contribution in [0.25, 0.3) is 0 Å². The van der Waals surface area contributed by atoms with Crippen LogP contribution in [0.4, 0.5) is 11.5 Å². The normalized spacial score (nSPS) is 20.0. The van der Waals surface area contributed by atoms with Gasteiger partial charge in [-0.1, -0.05) is 17.8 Å². The van der Waals surface area contributed by atoms with Crippen molar-refractivity contribution < 1.29 is 9.59 Å². The minimum atomic E-state index is -0.0422. The number of aryl methyl sites for hydroxylation is 2. The van der Waals surface area contributed by atoms with Crippen molar-refractivity contribution >= 4 is 35.1 Å². The van der Waals surface area contributed by atoms with Gasteiger partial charge in [0.1, 0.15) is 5.03 Å². The van der Waals surface area contributed by atoms with Gasteiger partial charge in [-0.05, 0) is 80.3 Å². The first kappa shape index (κ1) is 21.2. The van der Waals surface area contributed by atoms with Crippen LogP contribution in [-0.4, -0.2) is 46.9 Å². The highest BCUT2D eigenvalue weighted by molar-refractivity contribution is 7.99. The van der Waals surface area contributed by atoms with Crippen LogP contribution in [0.2, 0.25) is 0 Å². The summed E-state index contributed by atoms with van der Waals surface area (Å²) in [4.78, 5) is 26.9. The molecule has 7 nitrogen and oxygen atoms in total. The van der Waals surface area contributed by atoms with Gasteiger partial charge in [-0.15, -0.1) is 10.2 Å². The van der Waals surface area contributed by atoms with Crippen molar-refractivity contribution in [3.63, 3.8) is 0 Å². The number of fused-ring (bicyclic) bond motifs is 1. The number of aromatic nitrogens is 2. The number of hydrogen-bond acceptors (Lipinski definition) is 6. The Hall–Kier alpha value is -2.61. The topological polar surface area (TPSA) is 87.2 Å². The van der Waals surface area contributed by atoms with Crippen LogP contribution in [0.1, 0.15) is 43.2 Å². The summed E-state index contributed by atoms with van der Waals surface area (Å²) in [5, 5.41) is 15.5. The molecule has 1 saturated carbocycles. The average molecular weight is 452 g/mol. The lowest BCUT2D eigenvalue weighted by atomic mass is 9.97. The van der Waals surface area contributed by atoms with Crippen LogP contribution < -0.4 is 15.5 Å². The van der Waals surface area contributed by atoms with Gasteiger partial charge in [0.25, 0.3) is 0 Å². The molecule has 2 aliphatic carbocycles. The Balaban J connectivity index is 1.11. The number of hydrogen-bond donors (Lipinski definition) is 2. The lowest BCUT2D eigenvalue weighted by Crippen LogP contribution is -2.44. The van der Waals surface area contributed by atoms with E-state index < -0.39 is 0 Å². The number of amides is 2. The third kappa shape index (κ3) is 5.23. The maximum Gasteiger partial charge on any atom is 0.234 e. The Morgan fingerprint density at radius 3 is 2.72 bits per heavy atom. The second-order valence-corrected chi connectivity index (χ2v) is 9.97. The van der Waals surface area contributed by atoms with Gasteiger partial charge in [0, 0.05) is 24.8 Å². The van der Waals surface area contributed by atoms with Gasteiger partial charge in [0.2, 0.25) is 11.8 Å². The number of piperidine rings is 1. The predicted molar refractivity (Wildman–Crippen MR) is 126 cm³/mol. The van der Waals surface area contributed by atoms with E-state index in [9.17, 15) is 9.59 Å². The van der Waals surface area contributed by atoms with Crippen LogP contribution in [0.5, 0.6) is 0 Å². The van der Waals surface area contributed by atoms with Crippen LogP contribution in [0.3, 0.4) is 0 Å². The van der Waals surface area contributed by atoms with Crippen LogP contribution >= 0.6 is 11.8 Å². The fraction of sp³-hybridized carbons (Fsp3) is 0.500. The molecule has 1 saturated heterocycles. The molecule has 2 N–H and O–H groups in total. The molecule has 1 aromatic carbocycles. The highest BCUT2D eigenvalue weighted by Gasteiger charge is 2.31. The van der Waals surface area contributed by atoms with Gasteiger partial charge < -0.3 is 15.5 Å². The SMILES string of the molecule is O=C(CSc1ccc(N2CCC[C@@H](C(=O)NC3CC3)C2)nn1)Nc1ccc2c(c1)CCC2. The largest absolute Gasteiger partial charge is 0.354 e. The molecule has 1 aromatic heterocycles. The molecule has 2 heterocycles. The molecule has 8 heteroatoms. The molecular formula is C24H29N5O2S.